The molecule has 0 aliphatic heterocycles. The number of ether oxygens (including phenoxy) is 1. The van der Waals surface area contributed by atoms with Crippen LogP contribution in [0.25, 0.3) is 0 Å². The molecule has 0 radical (unpaired) electrons. The molecule has 150 valence electrons. The maximum absolute atomic E-state index is 5.75. The summed E-state index contributed by atoms with van der Waals surface area (Å²) in [6, 6.07) is 9.31. The first-order valence-corrected chi connectivity index (χ1v) is 11.6. The van der Waals surface area contributed by atoms with Crippen LogP contribution in [0.5, 0.6) is 0 Å². The highest BCUT2D eigenvalue weighted by Crippen LogP contribution is 2.44. The second-order valence-corrected chi connectivity index (χ2v) is 8.96. The van der Waals surface area contributed by atoms with Crippen LogP contribution in [0.3, 0.4) is 0 Å². The smallest absolute Gasteiger partial charge is 0.0716 e. The highest BCUT2D eigenvalue weighted by molar-refractivity contribution is 5.25. The molecule has 0 atom stereocenters. The van der Waals surface area contributed by atoms with Gasteiger partial charge >= 0.3 is 0 Å². The van der Waals surface area contributed by atoms with Gasteiger partial charge in [-0.25, -0.2) is 0 Å². The minimum atomic E-state index is 0.767. The molecule has 0 heterocycles. The molecule has 0 saturated heterocycles. The summed E-state index contributed by atoms with van der Waals surface area (Å²) in [5.74, 6) is 3.66. The van der Waals surface area contributed by atoms with Crippen LogP contribution in [0.15, 0.2) is 36.4 Å². The van der Waals surface area contributed by atoms with Crippen molar-refractivity contribution in [2.45, 2.75) is 90.6 Å². The largest absolute Gasteiger partial charge is 0.377 e. The monoisotopic (exact) mass is 368 g/mol. The lowest BCUT2D eigenvalue weighted by Gasteiger charge is -2.37. The molecule has 0 unspecified atom stereocenters. The van der Waals surface area contributed by atoms with Crippen LogP contribution in [-0.4, -0.2) is 6.61 Å². The third-order valence-corrected chi connectivity index (χ3v) is 7.08. The zero-order valence-electron chi connectivity index (χ0n) is 17.7. The molecule has 0 amide bonds. The first-order valence-electron chi connectivity index (χ1n) is 11.6. The Labute approximate surface area is 167 Å². The van der Waals surface area contributed by atoms with Crippen molar-refractivity contribution in [2.24, 2.45) is 17.8 Å². The highest BCUT2D eigenvalue weighted by Gasteiger charge is 2.30. The molecule has 1 aromatic rings. The Balaban J connectivity index is 1.41. The Morgan fingerprint density at radius 1 is 0.889 bits per heavy atom. The van der Waals surface area contributed by atoms with E-state index in [0.29, 0.717) is 0 Å². The van der Waals surface area contributed by atoms with Gasteiger partial charge in [0.2, 0.25) is 0 Å². The van der Waals surface area contributed by atoms with Gasteiger partial charge in [-0.3, -0.25) is 0 Å². The number of allylic oxidation sites excluding steroid dienone is 2. The van der Waals surface area contributed by atoms with Gasteiger partial charge < -0.3 is 4.74 Å². The molecule has 2 aliphatic carbocycles. The van der Waals surface area contributed by atoms with Crippen LogP contribution >= 0.6 is 0 Å². The topological polar surface area (TPSA) is 9.23 Å². The van der Waals surface area contributed by atoms with Crippen molar-refractivity contribution in [2.75, 3.05) is 6.61 Å². The van der Waals surface area contributed by atoms with Crippen molar-refractivity contribution >= 4 is 0 Å². The van der Waals surface area contributed by atoms with E-state index < -0.39 is 0 Å². The Morgan fingerprint density at radius 3 is 2.11 bits per heavy atom. The van der Waals surface area contributed by atoms with E-state index in [2.05, 4.69) is 50.3 Å². The third kappa shape index (κ3) is 6.21. The van der Waals surface area contributed by atoms with Crippen LogP contribution < -0.4 is 0 Å². The summed E-state index contributed by atoms with van der Waals surface area (Å²) in [4.78, 5) is 0. The summed E-state index contributed by atoms with van der Waals surface area (Å²) in [5, 5.41) is 0. The van der Waals surface area contributed by atoms with Gasteiger partial charge in [-0.1, -0.05) is 49.8 Å². The van der Waals surface area contributed by atoms with Crippen molar-refractivity contribution in [1.82, 2.24) is 0 Å². The average Bonchev–Trinajstić information content (AvgIpc) is 2.73. The van der Waals surface area contributed by atoms with Gasteiger partial charge in [0.25, 0.3) is 0 Å². The van der Waals surface area contributed by atoms with Crippen LogP contribution in [-0.2, 0) is 11.3 Å². The molecule has 0 bridgehead atoms. The fourth-order valence-corrected chi connectivity index (χ4v) is 5.33. The number of rotatable bonds is 8. The molecule has 1 heteroatoms. The lowest BCUT2D eigenvalue weighted by Crippen LogP contribution is -2.25. The molecule has 27 heavy (non-hydrogen) atoms. The van der Waals surface area contributed by atoms with Crippen LogP contribution in [0, 0.1) is 17.8 Å². The van der Waals surface area contributed by atoms with E-state index in [9.17, 15) is 0 Å². The highest BCUT2D eigenvalue weighted by atomic mass is 16.5. The molecular weight excluding hydrogens is 328 g/mol. The maximum Gasteiger partial charge on any atom is 0.0716 e. The fourth-order valence-electron chi connectivity index (χ4n) is 5.33. The normalized spacial score (nSPS) is 29.3. The minimum Gasteiger partial charge on any atom is -0.377 e. The summed E-state index contributed by atoms with van der Waals surface area (Å²) in [7, 11) is 0. The predicted octanol–water partition coefficient (Wildman–Crippen LogP) is 7.66. The number of hydrogen-bond acceptors (Lipinski definition) is 1. The van der Waals surface area contributed by atoms with E-state index in [-0.39, 0.29) is 0 Å². The first kappa shape index (κ1) is 20.6. The van der Waals surface area contributed by atoms with Crippen molar-refractivity contribution in [3.05, 3.63) is 47.5 Å². The Morgan fingerprint density at radius 2 is 1.52 bits per heavy atom. The molecule has 2 fully saturated rings. The van der Waals surface area contributed by atoms with Crippen molar-refractivity contribution in [3.8, 4) is 0 Å². The van der Waals surface area contributed by atoms with Gasteiger partial charge in [0, 0.05) is 6.61 Å². The van der Waals surface area contributed by atoms with E-state index in [1.165, 1.54) is 63.4 Å². The molecule has 2 aliphatic rings. The van der Waals surface area contributed by atoms with Crippen molar-refractivity contribution < 1.29 is 4.74 Å². The van der Waals surface area contributed by atoms with Gasteiger partial charge in [0.1, 0.15) is 0 Å². The minimum absolute atomic E-state index is 0.767. The number of hydrogen-bond donors (Lipinski definition) is 0. The first-order chi connectivity index (χ1) is 13.3. The van der Waals surface area contributed by atoms with Crippen LogP contribution in [0.1, 0.15) is 95.1 Å². The van der Waals surface area contributed by atoms with Crippen LogP contribution in [0.4, 0.5) is 0 Å². The summed E-state index contributed by atoms with van der Waals surface area (Å²) < 4.78 is 5.75. The summed E-state index contributed by atoms with van der Waals surface area (Å²) in [5.41, 5.74) is 2.88. The van der Waals surface area contributed by atoms with Gasteiger partial charge in [-0.15, -0.1) is 0 Å². The summed E-state index contributed by atoms with van der Waals surface area (Å²) in [6.07, 6.45) is 18.5. The zero-order valence-corrected chi connectivity index (χ0v) is 17.7. The van der Waals surface area contributed by atoms with E-state index in [1.807, 2.05) is 0 Å². The molecule has 0 N–H and O–H groups in total. The molecule has 1 aromatic carbocycles. The Bertz CT molecular complexity index is 542. The van der Waals surface area contributed by atoms with Gasteiger partial charge in [-0.05, 0) is 99.5 Å². The maximum atomic E-state index is 5.75. The Kier molecular flexibility index (Phi) is 8.45. The molecule has 0 aromatic heterocycles. The molecule has 3 rings (SSSR count). The fraction of sp³-hybridized carbons (Fsp3) is 0.692. The molecular formula is C26H40O. The standard InChI is InChI=1S/C26H40O/c1-3-5-19-27-20-22-9-13-24(14-10-22)26-17-15-25(16-18-26)23-11-7-21(6-4-2)8-12-23/h4,6,9-10,13-14,21,23,25-26H,3,5,7-8,11-12,15-20H2,1-2H3. The van der Waals surface area contributed by atoms with E-state index >= 15 is 0 Å². The van der Waals surface area contributed by atoms with E-state index in [4.69, 9.17) is 4.74 Å². The number of benzene rings is 1. The van der Waals surface area contributed by atoms with E-state index in [1.54, 1.807) is 5.56 Å². The quantitative estimate of drug-likeness (QED) is 0.338. The zero-order chi connectivity index (χ0) is 18.9. The van der Waals surface area contributed by atoms with Gasteiger partial charge in [0.05, 0.1) is 6.61 Å². The average molecular weight is 369 g/mol. The molecule has 2 saturated carbocycles. The number of unbranched alkanes of at least 4 members (excludes halogenated alkanes) is 1. The predicted molar refractivity (Wildman–Crippen MR) is 116 cm³/mol. The summed E-state index contributed by atoms with van der Waals surface area (Å²) >= 11 is 0. The van der Waals surface area contributed by atoms with Gasteiger partial charge in [-0.2, -0.15) is 0 Å². The SMILES string of the molecule is CC=CC1CCC(C2CCC(c3ccc(COCCCC)cc3)CC2)CC1. The van der Waals surface area contributed by atoms with Crippen molar-refractivity contribution in [3.63, 3.8) is 0 Å². The van der Waals surface area contributed by atoms with E-state index in [0.717, 1.165) is 43.3 Å². The lowest BCUT2D eigenvalue weighted by atomic mass is 9.68. The summed E-state index contributed by atoms with van der Waals surface area (Å²) in [6.45, 7) is 6.03. The van der Waals surface area contributed by atoms with Crippen LogP contribution in [0.2, 0.25) is 0 Å². The second kappa shape index (κ2) is 11.1. The third-order valence-electron chi connectivity index (χ3n) is 7.08. The Hall–Kier alpha value is -1.08. The van der Waals surface area contributed by atoms with Crippen molar-refractivity contribution in [1.29, 1.82) is 0 Å². The molecule has 1 nitrogen and oxygen atoms in total. The molecule has 0 spiro atoms. The lowest BCUT2D eigenvalue weighted by molar-refractivity contribution is 0.118. The second-order valence-electron chi connectivity index (χ2n) is 8.96. The van der Waals surface area contributed by atoms with Gasteiger partial charge in [0.15, 0.2) is 0 Å².